The third kappa shape index (κ3) is 40.9. The summed E-state index contributed by atoms with van der Waals surface area (Å²) in [6.45, 7) is 1.70. The smallest absolute Gasteiger partial charge is 0.472 e. The van der Waals surface area contributed by atoms with Crippen molar-refractivity contribution in [1.29, 1.82) is 0 Å². The number of hydrogen-bond donors (Lipinski definition) is 6. The van der Waals surface area contributed by atoms with Gasteiger partial charge in [-0.15, -0.1) is 11.8 Å². The van der Waals surface area contributed by atoms with Crippen LogP contribution >= 0.6 is 19.6 Å². The van der Waals surface area contributed by atoms with Crippen LogP contribution in [0.5, 0.6) is 0 Å². The van der Waals surface area contributed by atoms with E-state index in [-0.39, 0.29) is 31.4 Å². The summed E-state index contributed by atoms with van der Waals surface area (Å²) in [5.41, 5.74) is 6.19. The van der Waals surface area contributed by atoms with Crippen molar-refractivity contribution >= 4 is 37.5 Å². The zero-order chi connectivity index (χ0) is 48.2. The van der Waals surface area contributed by atoms with Crippen molar-refractivity contribution in [2.45, 2.75) is 172 Å². The molecule has 372 valence electrons. The van der Waals surface area contributed by atoms with Crippen LogP contribution in [0, 0.1) is 0 Å². The van der Waals surface area contributed by atoms with E-state index in [0.29, 0.717) is 6.42 Å². The number of phosphoric ester groups is 1. The summed E-state index contributed by atoms with van der Waals surface area (Å²) >= 11 is 1.16. The Bertz CT molecular complexity index is 1480. The zero-order valence-corrected chi connectivity index (χ0v) is 40.8. The number of thioether (sulfide) groups is 1. The molecule has 0 radical (unpaired) electrons. The Balaban J connectivity index is 5.22. The largest absolute Gasteiger partial charge is 0.481 e. The van der Waals surface area contributed by atoms with Crippen molar-refractivity contribution in [3.05, 3.63) is 85.1 Å². The van der Waals surface area contributed by atoms with Crippen LogP contribution in [0.15, 0.2) is 85.1 Å². The van der Waals surface area contributed by atoms with Crippen molar-refractivity contribution in [3.63, 3.8) is 0 Å². The fourth-order valence-electron chi connectivity index (χ4n) is 5.72. The molecule has 6 atom stereocenters. The maximum Gasteiger partial charge on any atom is 0.472 e. The van der Waals surface area contributed by atoms with Gasteiger partial charge in [0.05, 0.1) is 25.9 Å². The molecule has 0 aliphatic heterocycles. The molecule has 0 spiro atoms. The molecule has 0 aromatic heterocycles. The first kappa shape index (κ1) is 61.9. The highest BCUT2D eigenvalue weighted by molar-refractivity contribution is 8.00. The molecular weight excluding hydrogens is 874 g/mol. The number of esters is 2. The average molecular weight is 956 g/mol. The number of ether oxygens (including phenoxy) is 2. The van der Waals surface area contributed by atoms with Crippen molar-refractivity contribution in [2.75, 3.05) is 32.2 Å². The number of allylic oxidation sites excluding steroid dienone is 13. The number of carbonyl (C=O) groups is 3. The molecule has 14 nitrogen and oxygen atoms in total. The third-order valence-corrected chi connectivity index (χ3v) is 11.9. The molecule has 0 heterocycles. The second-order valence-electron chi connectivity index (χ2n) is 15.6. The van der Waals surface area contributed by atoms with Crippen molar-refractivity contribution in [1.82, 2.24) is 0 Å². The molecule has 0 aromatic rings. The Kier molecular flexibility index (Phi) is 41.4. The van der Waals surface area contributed by atoms with Gasteiger partial charge < -0.3 is 40.5 Å². The number of phosphoric acid groups is 1. The number of carboxylic acid groups (broad SMARTS) is 1. The molecule has 0 saturated heterocycles. The second kappa shape index (κ2) is 43.5. The standard InChI is InChI=1S/C49H82NO13PS/c1-3-5-7-9-11-13-15-17-18-19-20-21-23-25-27-29-31-36-48(56)60-39-43(40-62-64(58,59)61-38-42(52)37-51)63-49(57)44(50)41-65-46(45(53)33-32-35-47(54)55)34-30-28-26-24-22-16-14-12-10-8-6-4-2/h11-14,17-18,20-22,24,26,28,30,34,42-46,51-53H,3-10,15-16,19,23,25,27,29,31-33,35-41,50H2,1-2H3,(H,54,55)(H,58,59)/b13-11-,14-12-,18-17-,21-20-,24-22-,28-26+,34-30+/t42-,43+,44-,45-,46+/m0/s1. The number of carbonyl (C=O) groups excluding carboxylic acids is 2. The molecular formula is C49H82NO13PS. The summed E-state index contributed by atoms with van der Waals surface area (Å²) < 4.78 is 32.9. The van der Waals surface area contributed by atoms with Crippen LogP contribution in [0.25, 0.3) is 0 Å². The molecule has 0 aliphatic rings. The van der Waals surface area contributed by atoms with Gasteiger partial charge in [0.25, 0.3) is 0 Å². The highest BCUT2D eigenvalue weighted by atomic mass is 32.2. The predicted octanol–water partition coefficient (Wildman–Crippen LogP) is 9.54. The van der Waals surface area contributed by atoms with E-state index in [4.69, 9.17) is 29.9 Å². The Hall–Kier alpha value is -3.11. The van der Waals surface area contributed by atoms with Gasteiger partial charge in [0, 0.05) is 23.8 Å². The molecule has 65 heavy (non-hydrogen) atoms. The number of aliphatic hydroxyl groups excluding tert-OH is 3. The van der Waals surface area contributed by atoms with E-state index in [2.05, 4.69) is 67.0 Å². The van der Waals surface area contributed by atoms with Crippen molar-refractivity contribution in [2.24, 2.45) is 5.73 Å². The number of carboxylic acids is 1. The lowest BCUT2D eigenvalue weighted by molar-refractivity contribution is -0.161. The Morgan fingerprint density at radius 1 is 0.677 bits per heavy atom. The molecule has 0 bridgehead atoms. The number of unbranched alkanes of at least 4 members (excludes halogenated alkanes) is 10. The normalized spacial score (nSPS) is 15.8. The van der Waals surface area contributed by atoms with Gasteiger partial charge in [0.1, 0.15) is 18.8 Å². The topological polar surface area (TPSA) is 232 Å². The molecule has 1 unspecified atom stereocenters. The van der Waals surface area contributed by atoms with Crippen molar-refractivity contribution < 1.29 is 62.8 Å². The number of rotatable bonds is 43. The summed E-state index contributed by atoms with van der Waals surface area (Å²) in [6, 6.07) is -1.25. The molecule has 0 aliphatic carbocycles. The van der Waals surface area contributed by atoms with Gasteiger partial charge in [-0.2, -0.15) is 0 Å². The Morgan fingerprint density at radius 2 is 1.23 bits per heavy atom. The lowest BCUT2D eigenvalue weighted by Crippen LogP contribution is -2.40. The summed E-state index contributed by atoms with van der Waals surface area (Å²) in [5, 5.41) is 37.9. The molecule has 0 rings (SSSR count). The number of hydrogen-bond acceptors (Lipinski definition) is 13. The van der Waals surface area contributed by atoms with Crippen LogP contribution in [0.3, 0.4) is 0 Å². The van der Waals surface area contributed by atoms with E-state index in [1.54, 1.807) is 18.2 Å². The molecule has 0 saturated carbocycles. The maximum absolute atomic E-state index is 13.2. The number of aliphatic carboxylic acids is 1. The van der Waals surface area contributed by atoms with Crippen molar-refractivity contribution in [3.8, 4) is 0 Å². The van der Waals surface area contributed by atoms with Gasteiger partial charge >= 0.3 is 25.7 Å². The first-order valence-electron chi connectivity index (χ1n) is 23.5. The van der Waals surface area contributed by atoms with Gasteiger partial charge in [-0.25, -0.2) is 4.57 Å². The van der Waals surface area contributed by atoms with E-state index >= 15 is 0 Å². The van der Waals surface area contributed by atoms with Gasteiger partial charge in [0.2, 0.25) is 0 Å². The highest BCUT2D eigenvalue weighted by Crippen LogP contribution is 2.43. The van der Waals surface area contributed by atoms with Crippen LogP contribution < -0.4 is 5.73 Å². The van der Waals surface area contributed by atoms with Gasteiger partial charge in [-0.1, -0.05) is 137 Å². The summed E-state index contributed by atoms with van der Waals surface area (Å²) in [5.74, 6) is -2.51. The third-order valence-electron chi connectivity index (χ3n) is 9.52. The quantitative estimate of drug-likeness (QED) is 0.0110. The first-order valence-corrected chi connectivity index (χ1v) is 26.0. The van der Waals surface area contributed by atoms with E-state index in [1.165, 1.54) is 38.5 Å². The predicted molar refractivity (Wildman–Crippen MR) is 261 cm³/mol. The van der Waals surface area contributed by atoms with Crippen LogP contribution in [0.4, 0.5) is 0 Å². The van der Waals surface area contributed by atoms with E-state index < -0.39 is 81.8 Å². The summed E-state index contributed by atoms with van der Waals surface area (Å²) in [4.78, 5) is 46.9. The SMILES string of the molecule is CCCCC/C=C\C\C=C/C=C/C=C/[C@@H](SC[C@H](N)C(=O)O[C@H](COC(=O)CCCCCC/C=C\C/C=C\C/C=C\CCCCC)COP(=O)(O)OC[C@@H](O)CO)[C@@H](O)CCCC(=O)O. The summed E-state index contributed by atoms with van der Waals surface area (Å²) in [7, 11) is -4.79. The molecule has 0 aromatic carbocycles. The average Bonchev–Trinajstić information content (AvgIpc) is 3.28. The number of aliphatic hydroxyl groups is 3. The van der Waals surface area contributed by atoms with Crippen LogP contribution in [-0.2, 0) is 37.5 Å². The minimum absolute atomic E-state index is 0.0317. The minimum atomic E-state index is -4.79. The molecule has 7 N–H and O–H groups in total. The van der Waals surface area contributed by atoms with Crippen LogP contribution in [0.1, 0.15) is 142 Å². The van der Waals surface area contributed by atoms with E-state index in [0.717, 1.165) is 69.5 Å². The van der Waals surface area contributed by atoms with E-state index in [9.17, 15) is 34.1 Å². The fraction of sp³-hybridized carbons (Fsp3) is 0.653. The van der Waals surface area contributed by atoms with Crippen LogP contribution in [-0.4, -0.2) is 105 Å². The van der Waals surface area contributed by atoms with Gasteiger partial charge in [-0.3, -0.25) is 23.4 Å². The highest BCUT2D eigenvalue weighted by Gasteiger charge is 2.29. The van der Waals surface area contributed by atoms with Crippen LogP contribution in [0.2, 0.25) is 0 Å². The first-order chi connectivity index (χ1) is 31.3. The molecule has 0 fully saturated rings. The number of nitrogens with two attached hydrogens (primary N) is 1. The fourth-order valence-corrected chi connectivity index (χ4v) is 7.63. The Morgan fingerprint density at radius 3 is 1.83 bits per heavy atom. The minimum Gasteiger partial charge on any atom is -0.481 e. The van der Waals surface area contributed by atoms with E-state index in [1.807, 2.05) is 18.2 Å². The maximum atomic E-state index is 13.2. The molecule has 0 amide bonds. The van der Waals surface area contributed by atoms with Gasteiger partial charge in [0.15, 0.2) is 6.10 Å². The van der Waals surface area contributed by atoms with Gasteiger partial charge in [-0.05, 0) is 77.0 Å². The monoisotopic (exact) mass is 956 g/mol. The lowest BCUT2D eigenvalue weighted by atomic mass is 10.1. The lowest BCUT2D eigenvalue weighted by Gasteiger charge is -2.23. The molecule has 16 heteroatoms. The second-order valence-corrected chi connectivity index (χ2v) is 18.3. The zero-order valence-electron chi connectivity index (χ0n) is 39.1. The Labute approximate surface area is 393 Å². The summed E-state index contributed by atoms with van der Waals surface area (Å²) in [6.07, 6.45) is 41.6.